The van der Waals surface area contributed by atoms with Gasteiger partial charge in [-0.3, -0.25) is 4.68 Å². The fourth-order valence-corrected chi connectivity index (χ4v) is 2.80. The molecule has 6 heteroatoms. The molecule has 3 rings (SSSR count). The van der Waals surface area contributed by atoms with E-state index in [9.17, 15) is 4.79 Å². The first-order valence-corrected chi connectivity index (χ1v) is 6.76. The van der Waals surface area contributed by atoms with Gasteiger partial charge in [-0.2, -0.15) is 5.10 Å². The molecule has 0 aromatic carbocycles. The Kier molecular flexibility index (Phi) is 3.28. The fourth-order valence-electron chi connectivity index (χ4n) is 2.80. The first-order chi connectivity index (χ1) is 9.16. The molecule has 1 aromatic heterocycles. The van der Waals surface area contributed by atoms with Crippen LogP contribution in [-0.4, -0.2) is 39.6 Å². The minimum absolute atomic E-state index is 0.275. The standard InChI is InChI=1S/C13H19N3O3/c1-16-11(9(6-15-16)13(17)18)7-14-10-4-5-19-12(10)8-2-3-8/h6,8,10,12,14H,2-5,7H2,1H3,(H,17,18). The molecule has 1 aromatic rings. The van der Waals surface area contributed by atoms with Crippen LogP contribution in [0.2, 0.25) is 0 Å². The van der Waals surface area contributed by atoms with Gasteiger partial charge in [0.1, 0.15) is 5.56 Å². The van der Waals surface area contributed by atoms with Crippen LogP contribution >= 0.6 is 0 Å². The van der Waals surface area contributed by atoms with Gasteiger partial charge in [0.25, 0.3) is 0 Å². The molecule has 2 aliphatic rings. The maximum atomic E-state index is 11.1. The second-order valence-electron chi connectivity index (χ2n) is 5.38. The van der Waals surface area contributed by atoms with E-state index in [4.69, 9.17) is 9.84 Å². The molecule has 2 heterocycles. The summed E-state index contributed by atoms with van der Waals surface area (Å²) in [6.45, 7) is 1.32. The van der Waals surface area contributed by atoms with Crippen LogP contribution in [0.25, 0.3) is 0 Å². The maximum absolute atomic E-state index is 11.1. The van der Waals surface area contributed by atoms with E-state index < -0.39 is 5.97 Å². The van der Waals surface area contributed by atoms with Gasteiger partial charge in [0, 0.05) is 26.2 Å². The maximum Gasteiger partial charge on any atom is 0.339 e. The van der Waals surface area contributed by atoms with Crippen molar-refractivity contribution in [2.75, 3.05) is 6.61 Å². The van der Waals surface area contributed by atoms with Gasteiger partial charge in [0.15, 0.2) is 0 Å². The Morgan fingerprint density at radius 1 is 1.58 bits per heavy atom. The Balaban J connectivity index is 1.65. The predicted molar refractivity (Wildman–Crippen MR) is 67.9 cm³/mol. The Hall–Kier alpha value is -1.40. The molecule has 2 unspecified atom stereocenters. The van der Waals surface area contributed by atoms with Crippen molar-refractivity contribution in [3.8, 4) is 0 Å². The molecule has 2 atom stereocenters. The van der Waals surface area contributed by atoms with Crippen LogP contribution in [0.3, 0.4) is 0 Å². The molecular formula is C13H19N3O3. The number of nitrogens with one attached hydrogen (secondary N) is 1. The highest BCUT2D eigenvalue weighted by molar-refractivity contribution is 5.88. The second-order valence-corrected chi connectivity index (χ2v) is 5.38. The van der Waals surface area contributed by atoms with Crippen molar-refractivity contribution in [2.24, 2.45) is 13.0 Å². The summed E-state index contributed by atoms with van der Waals surface area (Å²) in [6, 6.07) is 0.337. The Labute approximate surface area is 111 Å². The Bertz CT molecular complexity index is 481. The number of carboxylic acid groups (broad SMARTS) is 1. The van der Waals surface area contributed by atoms with E-state index in [0.717, 1.165) is 13.0 Å². The number of aryl methyl sites for hydroxylation is 1. The number of ether oxygens (including phenoxy) is 1. The third-order valence-electron chi connectivity index (χ3n) is 4.05. The van der Waals surface area contributed by atoms with Gasteiger partial charge in [-0.1, -0.05) is 0 Å². The summed E-state index contributed by atoms with van der Waals surface area (Å²) in [7, 11) is 1.77. The molecule has 1 aliphatic heterocycles. The van der Waals surface area contributed by atoms with Gasteiger partial charge in [-0.05, 0) is 25.2 Å². The Morgan fingerprint density at radius 2 is 2.37 bits per heavy atom. The van der Waals surface area contributed by atoms with Gasteiger partial charge >= 0.3 is 5.97 Å². The first-order valence-electron chi connectivity index (χ1n) is 6.76. The number of nitrogens with zero attached hydrogens (tertiary/aromatic N) is 2. The van der Waals surface area contributed by atoms with Crippen LogP contribution in [0.1, 0.15) is 35.3 Å². The third kappa shape index (κ3) is 2.50. The second kappa shape index (κ2) is 4.94. The van der Waals surface area contributed by atoms with E-state index in [2.05, 4.69) is 10.4 Å². The molecule has 0 bridgehead atoms. The molecular weight excluding hydrogens is 246 g/mol. The normalized spacial score (nSPS) is 26.8. The molecule has 19 heavy (non-hydrogen) atoms. The van der Waals surface area contributed by atoms with E-state index in [1.165, 1.54) is 19.0 Å². The van der Waals surface area contributed by atoms with E-state index in [-0.39, 0.29) is 5.56 Å². The molecule has 0 radical (unpaired) electrons. The van der Waals surface area contributed by atoms with Gasteiger partial charge in [0.2, 0.25) is 0 Å². The number of carbonyl (C=O) groups is 1. The lowest BCUT2D eigenvalue weighted by atomic mass is 10.1. The number of hydrogen-bond acceptors (Lipinski definition) is 4. The highest BCUT2D eigenvalue weighted by atomic mass is 16.5. The number of aromatic nitrogens is 2. The van der Waals surface area contributed by atoms with Gasteiger partial charge in [0.05, 0.1) is 18.0 Å². The average Bonchev–Trinajstić information content (AvgIpc) is 2.99. The van der Waals surface area contributed by atoms with Crippen molar-refractivity contribution in [3.05, 3.63) is 17.5 Å². The summed E-state index contributed by atoms with van der Waals surface area (Å²) in [5.41, 5.74) is 0.992. The van der Waals surface area contributed by atoms with Gasteiger partial charge in [-0.15, -0.1) is 0 Å². The van der Waals surface area contributed by atoms with Crippen molar-refractivity contribution < 1.29 is 14.6 Å². The zero-order chi connectivity index (χ0) is 13.4. The number of rotatable bonds is 5. The highest BCUT2D eigenvalue weighted by Gasteiger charge is 2.40. The lowest BCUT2D eigenvalue weighted by Gasteiger charge is -2.19. The SMILES string of the molecule is Cn1ncc(C(=O)O)c1CNC1CCOC1C1CC1. The summed E-state index contributed by atoms with van der Waals surface area (Å²) in [5.74, 6) is -0.225. The molecule has 6 nitrogen and oxygen atoms in total. The zero-order valence-corrected chi connectivity index (χ0v) is 11.0. The largest absolute Gasteiger partial charge is 0.478 e. The van der Waals surface area contributed by atoms with Crippen LogP contribution in [0.5, 0.6) is 0 Å². The minimum Gasteiger partial charge on any atom is -0.478 e. The smallest absolute Gasteiger partial charge is 0.339 e. The lowest BCUT2D eigenvalue weighted by molar-refractivity contribution is 0.0694. The average molecular weight is 265 g/mol. The predicted octanol–water partition coefficient (Wildman–Crippen LogP) is 0.775. The van der Waals surface area contributed by atoms with Crippen molar-refractivity contribution in [2.45, 2.75) is 38.0 Å². The molecule has 1 aliphatic carbocycles. The summed E-state index contributed by atoms with van der Waals surface area (Å²) in [6.07, 6.45) is 5.23. The topological polar surface area (TPSA) is 76.4 Å². The number of aromatic carboxylic acids is 1. The molecule has 1 saturated carbocycles. The van der Waals surface area contributed by atoms with Crippen LogP contribution in [-0.2, 0) is 18.3 Å². The van der Waals surface area contributed by atoms with Gasteiger partial charge in [-0.25, -0.2) is 4.79 Å². The fraction of sp³-hybridized carbons (Fsp3) is 0.692. The van der Waals surface area contributed by atoms with Crippen LogP contribution in [0.15, 0.2) is 6.20 Å². The molecule has 0 amide bonds. The minimum atomic E-state index is -0.925. The van der Waals surface area contributed by atoms with Crippen molar-refractivity contribution in [1.29, 1.82) is 0 Å². The van der Waals surface area contributed by atoms with E-state index in [1.54, 1.807) is 11.7 Å². The van der Waals surface area contributed by atoms with E-state index >= 15 is 0 Å². The summed E-state index contributed by atoms with van der Waals surface area (Å²) in [4.78, 5) is 11.1. The first kappa shape index (κ1) is 12.6. The highest BCUT2D eigenvalue weighted by Crippen LogP contribution is 2.38. The molecule has 104 valence electrons. The third-order valence-corrected chi connectivity index (χ3v) is 4.05. The molecule has 0 spiro atoms. The van der Waals surface area contributed by atoms with Crippen LogP contribution in [0, 0.1) is 5.92 Å². The lowest BCUT2D eigenvalue weighted by Crippen LogP contribution is -2.37. The quantitative estimate of drug-likeness (QED) is 0.822. The number of carboxylic acids is 1. The Morgan fingerprint density at radius 3 is 3.05 bits per heavy atom. The monoisotopic (exact) mass is 265 g/mol. The van der Waals surface area contributed by atoms with E-state index in [0.29, 0.717) is 30.3 Å². The van der Waals surface area contributed by atoms with E-state index in [1.807, 2.05) is 0 Å². The van der Waals surface area contributed by atoms with Crippen molar-refractivity contribution >= 4 is 5.97 Å². The van der Waals surface area contributed by atoms with Gasteiger partial charge < -0.3 is 15.2 Å². The zero-order valence-electron chi connectivity index (χ0n) is 11.0. The summed E-state index contributed by atoms with van der Waals surface area (Å²) >= 11 is 0. The van der Waals surface area contributed by atoms with Crippen LogP contribution in [0.4, 0.5) is 0 Å². The summed E-state index contributed by atoms with van der Waals surface area (Å²) in [5, 5.41) is 16.6. The van der Waals surface area contributed by atoms with Crippen molar-refractivity contribution in [1.82, 2.24) is 15.1 Å². The molecule has 1 saturated heterocycles. The summed E-state index contributed by atoms with van der Waals surface area (Å²) < 4.78 is 7.39. The molecule has 2 N–H and O–H groups in total. The molecule has 2 fully saturated rings. The van der Waals surface area contributed by atoms with Crippen LogP contribution < -0.4 is 5.32 Å². The number of hydrogen-bond donors (Lipinski definition) is 2. The van der Waals surface area contributed by atoms with Crippen molar-refractivity contribution in [3.63, 3.8) is 0 Å².